The number of likely N-dealkylation sites (tertiary alicyclic amines) is 1. The summed E-state index contributed by atoms with van der Waals surface area (Å²) < 4.78 is 0. The molecule has 3 rings (SSSR count). The molecule has 6 nitrogen and oxygen atoms in total. The van der Waals surface area contributed by atoms with Gasteiger partial charge in [-0.3, -0.25) is 24.2 Å². The molecule has 1 aromatic rings. The second-order valence-corrected chi connectivity index (χ2v) is 8.56. The molecule has 0 spiro atoms. The van der Waals surface area contributed by atoms with E-state index in [0.717, 1.165) is 48.5 Å². The van der Waals surface area contributed by atoms with Crippen molar-refractivity contribution >= 4 is 46.5 Å². The molecule has 0 radical (unpaired) electrons. The zero-order valence-corrected chi connectivity index (χ0v) is 17.4. The number of rotatable bonds is 6. The topological polar surface area (TPSA) is 69.7 Å². The smallest absolute Gasteiger partial charge is 0.293 e. The van der Waals surface area contributed by atoms with Crippen molar-refractivity contribution in [1.82, 2.24) is 15.1 Å². The van der Waals surface area contributed by atoms with Crippen LogP contribution in [0.1, 0.15) is 25.3 Å². The van der Waals surface area contributed by atoms with Crippen molar-refractivity contribution in [1.29, 1.82) is 0 Å². The highest BCUT2D eigenvalue weighted by atomic mass is 35.5. The van der Waals surface area contributed by atoms with Gasteiger partial charge in [0.05, 0.1) is 11.4 Å². The number of carbonyl (C=O) groups is 3. The highest BCUT2D eigenvalue weighted by Crippen LogP contribution is 2.33. The summed E-state index contributed by atoms with van der Waals surface area (Å²) in [5.41, 5.74) is 0.693. The SMILES string of the molecule is CC1CCN(CC(=O)NCCN2C(=O)SC(=Cc3ccccc3Cl)C2=O)CC1. The van der Waals surface area contributed by atoms with Crippen LogP contribution in [0.15, 0.2) is 29.2 Å². The van der Waals surface area contributed by atoms with Gasteiger partial charge in [0.1, 0.15) is 0 Å². The maximum atomic E-state index is 12.5. The van der Waals surface area contributed by atoms with Gasteiger partial charge in [-0.1, -0.05) is 36.7 Å². The van der Waals surface area contributed by atoms with E-state index < -0.39 is 0 Å². The van der Waals surface area contributed by atoms with E-state index in [1.807, 2.05) is 6.07 Å². The molecule has 150 valence electrons. The highest BCUT2D eigenvalue weighted by molar-refractivity contribution is 8.18. The minimum atomic E-state index is -0.353. The standard InChI is InChI=1S/C20H24ClN3O3S/c1-14-6-9-23(10-7-14)13-18(25)22-8-11-24-19(26)17(28-20(24)27)12-15-4-2-3-5-16(15)21/h2-5,12,14H,6-11,13H2,1H3,(H,22,25). The fourth-order valence-corrected chi connectivity index (χ4v) is 4.26. The maximum absolute atomic E-state index is 12.5. The maximum Gasteiger partial charge on any atom is 0.293 e. The van der Waals surface area contributed by atoms with E-state index >= 15 is 0 Å². The molecule has 2 saturated heterocycles. The first-order chi connectivity index (χ1) is 13.4. The Morgan fingerprint density at radius 1 is 1.29 bits per heavy atom. The van der Waals surface area contributed by atoms with Crippen molar-refractivity contribution in [2.45, 2.75) is 19.8 Å². The van der Waals surface area contributed by atoms with Crippen LogP contribution in [0.2, 0.25) is 5.02 Å². The van der Waals surface area contributed by atoms with Crippen molar-refractivity contribution in [2.24, 2.45) is 5.92 Å². The van der Waals surface area contributed by atoms with Gasteiger partial charge in [-0.25, -0.2) is 0 Å². The van der Waals surface area contributed by atoms with E-state index in [1.165, 1.54) is 0 Å². The van der Waals surface area contributed by atoms with E-state index in [0.29, 0.717) is 22.0 Å². The van der Waals surface area contributed by atoms with E-state index in [2.05, 4.69) is 17.1 Å². The number of piperidine rings is 1. The average Bonchev–Trinajstić information content (AvgIpc) is 2.93. The van der Waals surface area contributed by atoms with Crippen molar-refractivity contribution < 1.29 is 14.4 Å². The largest absolute Gasteiger partial charge is 0.353 e. The lowest BCUT2D eigenvalue weighted by Gasteiger charge is -2.29. The van der Waals surface area contributed by atoms with Crippen LogP contribution < -0.4 is 5.32 Å². The van der Waals surface area contributed by atoms with Crippen LogP contribution in [0.25, 0.3) is 6.08 Å². The summed E-state index contributed by atoms with van der Waals surface area (Å²) in [6, 6.07) is 7.15. The molecule has 8 heteroatoms. The molecular weight excluding hydrogens is 398 g/mol. The molecule has 2 heterocycles. The number of hydrogen-bond acceptors (Lipinski definition) is 5. The molecule has 0 unspecified atom stereocenters. The fraction of sp³-hybridized carbons (Fsp3) is 0.450. The molecule has 0 saturated carbocycles. The van der Waals surface area contributed by atoms with Gasteiger partial charge in [-0.15, -0.1) is 0 Å². The van der Waals surface area contributed by atoms with Gasteiger partial charge in [0.25, 0.3) is 11.1 Å². The summed E-state index contributed by atoms with van der Waals surface area (Å²) in [7, 11) is 0. The third kappa shape index (κ3) is 5.37. The highest BCUT2D eigenvalue weighted by Gasteiger charge is 2.34. The normalized spacial score (nSPS) is 20.2. The molecule has 0 bridgehead atoms. The van der Waals surface area contributed by atoms with Crippen LogP contribution in [0.3, 0.4) is 0 Å². The lowest BCUT2D eigenvalue weighted by atomic mass is 9.99. The van der Waals surface area contributed by atoms with Gasteiger partial charge in [-0.05, 0) is 61.3 Å². The quantitative estimate of drug-likeness (QED) is 0.714. The number of amides is 3. The summed E-state index contributed by atoms with van der Waals surface area (Å²) in [4.78, 5) is 40.4. The van der Waals surface area contributed by atoms with Gasteiger partial charge >= 0.3 is 0 Å². The average molecular weight is 422 g/mol. The minimum Gasteiger partial charge on any atom is -0.353 e. The van der Waals surface area contributed by atoms with Gasteiger partial charge < -0.3 is 5.32 Å². The van der Waals surface area contributed by atoms with Gasteiger partial charge in [0.15, 0.2) is 0 Å². The van der Waals surface area contributed by atoms with Crippen LogP contribution in [0.5, 0.6) is 0 Å². The van der Waals surface area contributed by atoms with E-state index in [1.54, 1.807) is 24.3 Å². The second kappa shape index (κ2) is 9.58. The number of nitrogens with zero attached hydrogens (tertiary/aromatic N) is 2. The number of thioether (sulfide) groups is 1. The molecule has 2 aliphatic heterocycles. The Kier molecular flexibility index (Phi) is 7.15. The lowest BCUT2D eigenvalue weighted by Crippen LogP contribution is -2.43. The number of imide groups is 1. The Bertz CT molecular complexity index is 791. The number of nitrogens with one attached hydrogen (secondary N) is 1. The third-order valence-electron chi connectivity index (χ3n) is 4.97. The van der Waals surface area contributed by atoms with E-state index in [4.69, 9.17) is 11.6 Å². The summed E-state index contributed by atoms with van der Waals surface area (Å²) >= 11 is 7.01. The third-order valence-corrected chi connectivity index (χ3v) is 6.22. The van der Waals surface area contributed by atoms with Gasteiger partial charge in [0.2, 0.25) is 5.91 Å². The zero-order valence-electron chi connectivity index (χ0n) is 15.8. The number of carbonyl (C=O) groups excluding carboxylic acids is 3. The number of benzene rings is 1. The van der Waals surface area contributed by atoms with Crippen LogP contribution in [0, 0.1) is 5.92 Å². The van der Waals surface area contributed by atoms with Crippen molar-refractivity contribution in [3.63, 3.8) is 0 Å². The molecule has 2 aliphatic rings. The molecule has 2 fully saturated rings. The zero-order chi connectivity index (χ0) is 20.1. The molecular formula is C20H24ClN3O3S. The van der Waals surface area contributed by atoms with Crippen molar-refractivity contribution in [3.05, 3.63) is 39.8 Å². The first kappa shape index (κ1) is 20.9. The summed E-state index contributed by atoms with van der Waals surface area (Å²) in [5.74, 6) is 0.291. The summed E-state index contributed by atoms with van der Waals surface area (Å²) in [5, 5.41) is 3.00. The molecule has 0 aliphatic carbocycles. The van der Waals surface area contributed by atoms with Crippen LogP contribution >= 0.6 is 23.4 Å². The molecule has 1 aromatic carbocycles. The molecule has 1 N–H and O–H groups in total. The Hall–Kier alpha value is -1.83. The van der Waals surface area contributed by atoms with Crippen molar-refractivity contribution in [2.75, 3.05) is 32.7 Å². The van der Waals surface area contributed by atoms with Crippen LogP contribution in [-0.2, 0) is 9.59 Å². The van der Waals surface area contributed by atoms with Crippen LogP contribution in [-0.4, -0.2) is 59.6 Å². The predicted molar refractivity (Wildman–Crippen MR) is 112 cm³/mol. The number of hydrogen-bond donors (Lipinski definition) is 1. The fourth-order valence-electron chi connectivity index (χ4n) is 3.21. The monoisotopic (exact) mass is 421 g/mol. The lowest BCUT2D eigenvalue weighted by molar-refractivity contribution is -0.125. The molecule has 0 aromatic heterocycles. The van der Waals surface area contributed by atoms with Crippen molar-refractivity contribution in [3.8, 4) is 0 Å². The van der Waals surface area contributed by atoms with E-state index in [9.17, 15) is 14.4 Å². The summed E-state index contributed by atoms with van der Waals surface area (Å²) in [6.07, 6.45) is 3.85. The second-order valence-electron chi connectivity index (χ2n) is 7.16. The Morgan fingerprint density at radius 2 is 2.00 bits per heavy atom. The van der Waals surface area contributed by atoms with E-state index in [-0.39, 0.29) is 30.1 Å². The predicted octanol–water partition coefficient (Wildman–Crippen LogP) is 3.22. The summed E-state index contributed by atoms with van der Waals surface area (Å²) in [6.45, 7) is 4.87. The first-order valence-corrected chi connectivity index (χ1v) is 10.6. The molecule has 3 amide bonds. The molecule has 28 heavy (non-hydrogen) atoms. The first-order valence-electron chi connectivity index (χ1n) is 9.43. The number of halogens is 1. The minimum absolute atomic E-state index is 0.0758. The van der Waals surface area contributed by atoms with Gasteiger partial charge in [0, 0.05) is 18.1 Å². The Labute approximate surface area is 174 Å². The van der Waals surface area contributed by atoms with Gasteiger partial charge in [-0.2, -0.15) is 0 Å². The molecule has 0 atom stereocenters. The Balaban J connectivity index is 1.48. The Morgan fingerprint density at radius 3 is 2.71 bits per heavy atom. The van der Waals surface area contributed by atoms with Crippen LogP contribution in [0.4, 0.5) is 4.79 Å².